The highest BCUT2D eigenvalue weighted by molar-refractivity contribution is 7.27. The third kappa shape index (κ3) is 3.66. The fourth-order valence-corrected chi connectivity index (χ4v) is 10.1. The summed E-state index contributed by atoms with van der Waals surface area (Å²) in [5.74, 6) is 2.06. The van der Waals surface area contributed by atoms with Crippen LogP contribution in [-0.4, -0.2) is 15.0 Å². The summed E-state index contributed by atoms with van der Waals surface area (Å²) in [7, 11) is 0. The Kier molecular flexibility index (Phi) is 5.42. The largest absolute Gasteiger partial charge is 0.208 e. The zero-order valence-electron chi connectivity index (χ0n) is 25.4. The summed E-state index contributed by atoms with van der Waals surface area (Å²) in [6.07, 6.45) is 0. The molecule has 11 rings (SSSR count). The van der Waals surface area contributed by atoms with Gasteiger partial charge in [-0.3, -0.25) is 0 Å². The van der Waals surface area contributed by atoms with Gasteiger partial charge >= 0.3 is 0 Å². The molecule has 10 aromatic rings. The Morgan fingerprint density at radius 3 is 1.65 bits per heavy atom. The SMILES string of the molecule is c1ccc(-c2nc(-c3cccc4c3sc3ccccc34)nc(-c3cccc4c3sc3c5cccc6c5c(cc43)-c3ccccc3-6)n2)cc1. The predicted molar refractivity (Wildman–Crippen MR) is 204 cm³/mol. The van der Waals surface area contributed by atoms with Gasteiger partial charge in [0.05, 0.1) is 0 Å². The summed E-state index contributed by atoms with van der Waals surface area (Å²) in [6, 6.07) is 49.8. The predicted octanol–water partition coefficient (Wildman–Crippen LogP) is 12.4. The molecule has 3 aromatic heterocycles. The molecule has 222 valence electrons. The van der Waals surface area contributed by atoms with Gasteiger partial charge in [0.25, 0.3) is 0 Å². The fraction of sp³-hybridized carbons (Fsp3) is 0. The fourth-order valence-electron chi connectivity index (χ4n) is 7.55. The van der Waals surface area contributed by atoms with Crippen LogP contribution in [0.25, 0.3) is 108 Å². The van der Waals surface area contributed by atoms with Gasteiger partial charge in [-0.15, -0.1) is 22.7 Å². The van der Waals surface area contributed by atoms with E-state index in [2.05, 4.69) is 121 Å². The summed E-state index contributed by atoms with van der Waals surface area (Å²) in [6.45, 7) is 0. The number of rotatable bonds is 3. The molecule has 0 N–H and O–H groups in total. The van der Waals surface area contributed by atoms with E-state index >= 15 is 0 Å². The lowest BCUT2D eigenvalue weighted by Gasteiger charge is -2.09. The van der Waals surface area contributed by atoms with Crippen molar-refractivity contribution in [3.05, 3.63) is 140 Å². The molecule has 1 aliphatic rings. The maximum Gasteiger partial charge on any atom is 0.165 e. The van der Waals surface area contributed by atoms with E-state index < -0.39 is 0 Å². The highest BCUT2D eigenvalue weighted by Crippen LogP contribution is 2.52. The molecular formula is C43H23N3S2. The van der Waals surface area contributed by atoms with E-state index in [1.54, 1.807) is 11.3 Å². The quantitative estimate of drug-likeness (QED) is 0.192. The van der Waals surface area contributed by atoms with Crippen molar-refractivity contribution in [2.45, 2.75) is 0 Å². The third-order valence-electron chi connectivity index (χ3n) is 9.68. The van der Waals surface area contributed by atoms with Gasteiger partial charge in [0, 0.05) is 62.4 Å². The second-order valence-corrected chi connectivity index (χ2v) is 14.4. The van der Waals surface area contributed by atoms with Crippen LogP contribution in [0.4, 0.5) is 0 Å². The normalized spacial score (nSPS) is 12.2. The van der Waals surface area contributed by atoms with Crippen LogP contribution in [0.2, 0.25) is 0 Å². The van der Waals surface area contributed by atoms with E-state index in [0.29, 0.717) is 17.5 Å². The summed E-state index contributed by atoms with van der Waals surface area (Å²) in [5.41, 5.74) is 8.30. The zero-order valence-corrected chi connectivity index (χ0v) is 27.1. The summed E-state index contributed by atoms with van der Waals surface area (Å²) >= 11 is 3.64. The lowest BCUT2D eigenvalue weighted by molar-refractivity contribution is 1.08. The standard InChI is InChI=1S/C43H23N3S2/c1-2-11-24(12-3-1)41-44-42(32-20-9-17-29-27-15-6-7-22-36(27)47-38(29)32)46-43(45-41)33-21-10-18-30-35-23-34-26-14-5-4-13-25(26)28-16-8-19-31(37(28)34)40(35)48-39(30)33/h1-23H. The highest BCUT2D eigenvalue weighted by Gasteiger charge is 2.25. The molecule has 0 saturated carbocycles. The number of benzene rings is 7. The molecule has 3 heterocycles. The van der Waals surface area contributed by atoms with Crippen LogP contribution in [0, 0.1) is 0 Å². The van der Waals surface area contributed by atoms with Crippen LogP contribution < -0.4 is 0 Å². The minimum Gasteiger partial charge on any atom is -0.208 e. The first-order valence-corrected chi connectivity index (χ1v) is 17.7. The van der Waals surface area contributed by atoms with Gasteiger partial charge in [-0.1, -0.05) is 115 Å². The molecule has 0 spiro atoms. The maximum absolute atomic E-state index is 5.27. The Morgan fingerprint density at radius 2 is 0.875 bits per heavy atom. The van der Waals surface area contributed by atoms with Crippen LogP contribution in [0.3, 0.4) is 0 Å². The molecule has 0 unspecified atom stereocenters. The molecule has 1 aliphatic carbocycles. The van der Waals surface area contributed by atoms with Crippen molar-refractivity contribution in [3.8, 4) is 56.4 Å². The number of nitrogens with zero attached hydrogens (tertiary/aromatic N) is 3. The number of fused-ring (bicyclic) bond motifs is 10. The van der Waals surface area contributed by atoms with E-state index in [-0.39, 0.29) is 0 Å². The van der Waals surface area contributed by atoms with E-state index in [0.717, 1.165) is 16.7 Å². The lowest BCUT2D eigenvalue weighted by Crippen LogP contribution is -2.00. The van der Waals surface area contributed by atoms with Gasteiger partial charge in [-0.05, 0) is 51.9 Å². The number of aromatic nitrogens is 3. The van der Waals surface area contributed by atoms with Crippen molar-refractivity contribution in [1.82, 2.24) is 15.0 Å². The Balaban J connectivity index is 1.19. The molecule has 0 radical (unpaired) electrons. The molecule has 0 aliphatic heterocycles. The molecule has 48 heavy (non-hydrogen) atoms. The second-order valence-electron chi connectivity index (χ2n) is 12.3. The number of hydrogen-bond donors (Lipinski definition) is 0. The summed E-state index contributed by atoms with van der Waals surface area (Å²) in [5, 5.41) is 7.66. The molecule has 0 amide bonds. The van der Waals surface area contributed by atoms with Crippen molar-refractivity contribution < 1.29 is 0 Å². The molecule has 0 atom stereocenters. The molecule has 0 fully saturated rings. The summed E-state index contributed by atoms with van der Waals surface area (Å²) < 4.78 is 4.96. The first-order chi connectivity index (χ1) is 23.8. The van der Waals surface area contributed by atoms with E-state index in [1.165, 1.54) is 73.4 Å². The molecular weight excluding hydrogens is 623 g/mol. The molecule has 3 nitrogen and oxygen atoms in total. The second kappa shape index (κ2) is 9.88. The smallest absolute Gasteiger partial charge is 0.165 e. The monoisotopic (exact) mass is 645 g/mol. The zero-order chi connectivity index (χ0) is 31.3. The van der Waals surface area contributed by atoms with E-state index in [9.17, 15) is 0 Å². The van der Waals surface area contributed by atoms with Crippen molar-refractivity contribution in [3.63, 3.8) is 0 Å². The van der Waals surface area contributed by atoms with E-state index in [1.807, 2.05) is 29.5 Å². The maximum atomic E-state index is 5.27. The van der Waals surface area contributed by atoms with Crippen LogP contribution in [0.1, 0.15) is 0 Å². The van der Waals surface area contributed by atoms with Crippen LogP contribution in [0.5, 0.6) is 0 Å². The lowest BCUT2D eigenvalue weighted by atomic mass is 9.99. The van der Waals surface area contributed by atoms with Crippen LogP contribution in [0.15, 0.2) is 140 Å². The van der Waals surface area contributed by atoms with Crippen LogP contribution in [-0.2, 0) is 0 Å². The van der Waals surface area contributed by atoms with Gasteiger partial charge in [0.1, 0.15) is 0 Å². The van der Waals surface area contributed by atoms with Crippen molar-refractivity contribution in [2.75, 3.05) is 0 Å². The molecule has 5 heteroatoms. The molecule has 0 saturated heterocycles. The van der Waals surface area contributed by atoms with Gasteiger partial charge in [-0.25, -0.2) is 15.0 Å². The van der Waals surface area contributed by atoms with Gasteiger partial charge in [0.2, 0.25) is 0 Å². The van der Waals surface area contributed by atoms with Crippen molar-refractivity contribution in [2.24, 2.45) is 0 Å². The molecule has 7 aromatic carbocycles. The van der Waals surface area contributed by atoms with Gasteiger partial charge in [0.15, 0.2) is 17.5 Å². The van der Waals surface area contributed by atoms with Gasteiger partial charge < -0.3 is 0 Å². The first kappa shape index (κ1) is 26.3. The summed E-state index contributed by atoms with van der Waals surface area (Å²) in [4.78, 5) is 15.6. The van der Waals surface area contributed by atoms with Crippen molar-refractivity contribution >= 4 is 73.8 Å². The number of thiophene rings is 2. The Labute approximate surface area is 283 Å². The van der Waals surface area contributed by atoms with Crippen LogP contribution >= 0.6 is 22.7 Å². The topological polar surface area (TPSA) is 38.7 Å². The Morgan fingerprint density at radius 1 is 0.333 bits per heavy atom. The van der Waals surface area contributed by atoms with Gasteiger partial charge in [-0.2, -0.15) is 0 Å². The minimum absolute atomic E-state index is 0.676. The Bertz CT molecular complexity index is 2960. The van der Waals surface area contributed by atoms with Crippen molar-refractivity contribution in [1.29, 1.82) is 0 Å². The van der Waals surface area contributed by atoms with E-state index in [4.69, 9.17) is 15.0 Å². The Hall–Kier alpha value is -5.75. The highest BCUT2D eigenvalue weighted by atomic mass is 32.1. The third-order valence-corrected chi connectivity index (χ3v) is 12.2. The molecule has 0 bridgehead atoms. The first-order valence-electron chi connectivity index (χ1n) is 16.0. The minimum atomic E-state index is 0.676. The number of hydrogen-bond acceptors (Lipinski definition) is 5. The average molecular weight is 646 g/mol. The average Bonchev–Trinajstić information content (AvgIpc) is 3.83.